The predicted molar refractivity (Wildman–Crippen MR) is 69.0 cm³/mol. The van der Waals surface area contributed by atoms with Crippen LogP contribution in [0.2, 0.25) is 0 Å². The number of rotatable bonds is 1. The Morgan fingerprint density at radius 3 is 2.56 bits per heavy atom. The lowest BCUT2D eigenvalue weighted by Crippen LogP contribution is -2.45. The molecule has 1 saturated heterocycles. The molecule has 0 amide bonds. The normalized spacial score (nSPS) is 31.2. The van der Waals surface area contributed by atoms with Crippen LogP contribution in [0.3, 0.4) is 0 Å². The molecular formula is C13H17NO3S. The molecule has 98 valence electrons. The van der Waals surface area contributed by atoms with Gasteiger partial charge in [-0.2, -0.15) is 0 Å². The summed E-state index contributed by atoms with van der Waals surface area (Å²) >= 11 is 0. The van der Waals surface area contributed by atoms with Gasteiger partial charge in [0.05, 0.1) is 23.7 Å². The lowest BCUT2D eigenvalue weighted by molar-refractivity contribution is 0.0747. The summed E-state index contributed by atoms with van der Waals surface area (Å²) in [6.45, 7) is 1.57. The second-order valence-corrected chi connectivity index (χ2v) is 7.35. The van der Waals surface area contributed by atoms with Crippen molar-refractivity contribution in [2.45, 2.75) is 25.1 Å². The maximum atomic E-state index is 11.6. The SMILES string of the molecule is O=S1(=O)C[C@H](O)[C@@H](N2CCc3ccccc3C2)C1. The zero-order valence-corrected chi connectivity index (χ0v) is 10.9. The van der Waals surface area contributed by atoms with Crippen molar-refractivity contribution < 1.29 is 13.5 Å². The van der Waals surface area contributed by atoms with E-state index in [1.807, 2.05) is 12.1 Å². The zero-order chi connectivity index (χ0) is 12.8. The Morgan fingerprint density at radius 2 is 1.89 bits per heavy atom. The highest BCUT2D eigenvalue weighted by Gasteiger charge is 2.40. The Kier molecular flexibility index (Phi) is 2.92. The van der Waals surface area contributed by atoms with E-state index in [0.29, 0.717) is 0 Å². The molecule has 1 aromatic rings. The molecule has 0 spiro atoms. The van der Waals surface area contributed by atoms with E-state index < -0.39 is 15.9 Å². The van der Waals surface area contributed by atoms with Crippen LogP contribution in [0.15, 0.2) is 24.3 Å². The number of nitrogens with zero attached hydrogens (tertiary/aromatic N) is 1. The second kappa shape index (κ2) is 4.33. The molecule has 4 nitrogen and oxygen atoms in total. The molecule has 2 aliphatic heterocycles. The van der Waals surface area contributed by atoms with Gasteiger partial charge >= 0.3 is 0 Å². The van der Waals surface area contributed by atoms with Crippen LogP contribution in [0.5, 0.6) is 0 Å². The summed E-state index contributed by atoms with van der Waals surface area (Å²) in [7, 11) is -3.06. The Labute approximate surface area is 107 Å². The maximum Gasteiger partial charge on any atom is 0.154 e. The summed E-state index contributed by atoms with van der Waals surface area (Å²) in [4.78, 5) is 2.11. The number of benzene rings is 1. The molecule has 1 fully saturated rings. The minimum Gasteiger partial charge on any atom is -0.390 e. The van der Waals surface area contributed by atoms with Gasteiger partial charge in [-0.1, -0.05) is 24.3 Å². The molecule has 1 N–H and O–H groups in total. The first kappa shape index (κ1) is 12.1. The van der Waals surface area contributed by atoms with Crippen LogP contribution in [0.4, 0.5) is 0 Å². The Balaban J connectivity index is 1.81. The van der Waals surface area contributed by atoms with E-state index >= 15 is 0 Å². The van der Waals surface area contributed by atoms with Crippen molar-refractivity contribution in [3.8, 4) is 0 Å². The van der Waals surface area contributed by atoms with E-state index in [4.69, 9.17) is 0 Å². The fourth-order valence-electron chi connectivity index (χ4n) is 2.96. The monoisotopic (exact) mass is 267 g/mol. The van der Waals surface area contributed by atoms with Crippen molar-refractivity contribution in [3.63, 3.8) is 0 Å². The number of hydrogen-bond donors (Lipinski definition) is 1. The van der Waals surface area contributed by atoms with Crippen molar-refractivity contribution in [3.05, 3.63) is 35.4 Å². The van der Waals surface area contributed by atoms with Gasteiger partial charge in [-0.25, -0.2) is 8.42 Å². The highest BCUT2D eigenvalue weighted by molar-refractivity contribution is 7.91. The third-order valence-electron chi connectivity index (χ3n) is 3.92. The standard InChI is InChI=1S/C13H17NO3S/c15-13-9-18(16,17)8-12(13)14-6-5-10-3-1-2-4-11(10)7-14/h1-4,12-13,15H,5-9H2/t12-,13-/m0/s1. The van der Waals surface area contributed by atoms with Gasteiger partial charge in [-0.15, -0.1) is 0 Å². The molecule has 0 unspecified atom stereocenters. The van der Waals surface area contributed by atoms with Gasteiger partial charge in [0.1, 0.15) is 0 Å². The van der Waals surface area contributed by atoms with E-state index in [9.17, 15) is 13.5 Å². The fourth-order valence-corrected chi connectivity index (χ4v) is 4.79. The Bertz CT molecular complexity index is 555. The van der Waals surface area contributed by atoms with E-state index in [1.165, 1.54) is 11.1 Å². The lowest BCUT2D eigenvalue weighted by atomic mass is 9.98. The molecule has 1 aromatic carbocycles. The zero-order valence-electron chi connectivity index (χ0n) is 10.1. The van der Waals surface area contributed by atoms with Crippen molar-refractivity contribution >= 4 is 9.84 Å². The van der Waals surface area contributed by atoms with Gasteiger partial charge in [0.25, 0.3) is 0 Å². The van der Waals surface area contributed by atoms with E-state index in [0.717, 1.165) is 19.5 Å². The van der Waals surface area contributed by atoms with Gasteiger partial charge in [0.15, 0.2) is 9.84 Å². The van der Waals surface area contributed by atoms with Crippen molar-refractivity contribution in [1.82, 2.24) is 4.90 Å². The molecule has 0 bridgehead atoms. The average molecular weight is 267 g/mol. The van der Waals surface area contributed by atoms with E-state index in [1.54, 1.807) is 0 Å². The Morgan fingerprint density at radius 1 is 1.17 bits per heavy atom. The molecule has 0 saturated carbocycles. The number of aliphatic hydroxyl groups is 1. The van der Waals surface area contributed by atoms with Gasteiger partial charge in [-0.05, 0) is 17.5 Å². The van der Waals surface area contributed by atoms with Crippen LogP contribution >= 0.6 is 0 Å². The second-order valence-electron chi connectivity index (χ2n) is 5.20. The van der Waals surface area contributed by atoms with Crippen LogP contribution in [0.25, 0.3) is 0 Å². The Hall–Kier alpha value is -0.910. The van der Waals surface area contributed by atoms with Crippen molar-refractivity contribution in [1.29, 1.82) is 0 Å². The number of aliphatic hydroxyl groups excluding tert-OH is 1. The molecule has 0 aliphatic carbocycles. The number of fused-ring (bicyclic) bond motifs is 1. The minimum absolute atomic E-state index is 0.0875. The molecule has 2 atom stereocenters. The van der Waals surface area contributed by atoms with Crippen LogP contribution in [0, 0.1) is 0 Å². The summed E-state index contributed by atoms with van der Waals surface area (Å²) in [5.74, 6) is 0.00610. The lowest BCUT2D eigenvalue weighted by Gasteiger charge is -2.34. The van der Waals surface area contributed by atoms with Crippen LogP contribution in [0.1, 0.15) is 11.1 Å². The summed E-state index contributed by atoms with van der Waals surface area (Å²) < 4.78 is 23.1. The molecule has 2 aliphatic rings. The third-order valence-corrected chi connectivity index (χ3v) is 5.62. The maximum absolute atomic E-state index is 11.6. The fraction of sp³-hybridized carbons (Fsp3) is 0.538. The van der Waals surface area contributed by atoms with Gasteiger partial charge < -0.3 is 5.11 Å². The first-order chi connectivity index (χ1) is 8.55. The predicted octanol–water partition coefficient (Wildman–Crippen LogP) is 0.203. The van der Waals surface area contributed by atoms with Crippen LogP contribution < -0.4 is 0 Å². The molecule has 2 heterocycles. The quantitative estimate of drug-likeness (QED) is 0.790. The molecule has 18 heavy (non-hydrogen) atoms. The summed E-state index contributed by atoms with van der Waals surface area (Å²) in [5.41, 5.74) is 2.59. The van der Waals surface area contributed by atoms with Gasteiger partial charge in [0, 0.05) is 13.1 Å². The highest BCUT2D eigenvalue weighted by Crippen LogP contribution is 2.25. The molecule has 5 heteroatoms. The number of sulfone groups is 1. The smallest absolute Gasteiger partial charge is 0.154 e. The topological polar surface area (TPSA) is 57.6 Å². The van der Waals surface area contributed by atoms with Crippen molar-refractivity contribution in [2.75, 3.05) is 18.1 Å². The van der Waals surface area contributed by atoms with Gasteiger partial charge in [-0.3, -0.25) is 4.90 Å². The molecule has 0 aromatic heterocycles. The summed E-state index contributed by atoms with van der Waals surface area (Å²) in [6, 6.07) is 8.00. The largest absolute Gasteiger partial charge is 0.390 e. The van der Waals surface area contributed by atoms with Gasteiger partial charge in [0.2, 0.25) is 0 Å². The van der Waals surface area contributed by atoms with Crippen LogP contribution in [-0.2, 0) is 22.8 Å². The van der Waals surface area contributed by atoms with E-state index in [-0.39, 0.29) is 17.5 Å². The van der Waals surface area contributed by atoms with E-state index in [2.05, 4.69) is 17.0 Å². The molecule has 3 rings (SSSR count). The van der Waals surface area contributed by atoms with Crippen molar-refractivity contribution in [2.24, 2.45) is 0 Å². The minimum atomic E-state index is -3.06. The molecule has 0 radical (unpaired) electrons. The van der Waals surface area contributed by atoms with Crippen LogP contribution in [-0.4, -0.2) is 48.6 Å². The highest BCUT2D eigenvalue weighted by atomic mass is 32.2. The average Bonchev–Trinajstić information content (AvgIpc) is 2.62. The summed E-state index contributed by atoms with van der Waals surface area (Å²) in [5, 5.41) is 9.90. The molecular weight excluding hydrogens is 250 g/mol. The first-order valence-electron chi connectivity index (χ1n) is 6.24. The third kappa shape index (κ3) is 2.18. The first-order valence-corrected chi connectivity index (χ1v) is 8.07. The number of hydrogen-bond acceptors (Lipinski definition) is 4. The summed E-state index contributed by atoms with van der Waals surface area (Å²) in [6.07, 6.45) is 0.194.